The summed E-state index contributed by atoms with van der Waals surface area (Å²) in [6, 6.07) is 0. The predicted octanol–water partition coefficient (Wildman–Crippen LogP) is -1.80. The molecule has 5 heteroatoms. The van der Waals surface area contributed by atoms with E-state index in [4.69, 9.17) is 9.90 Å². The Morgan fingerprint density at radius 1 is 1.83 bits per heavy atom. The van der Waals surface area contributed by atoms with Gasteiger partial charge in [-0.25, -0.2) is 11.8 Å². The molecular weight excluding hydrogens is 116 g/mol. The number of nitrogens with zero attached hydrogens (tertiary/aromatic N) is 1. The van der Waals surface area contributed by atoms with Crippen LogP contribution in [0, 0.1) is 0 Å². The summed E-state index contributed by atoms with van der Waals surface area (Å²) in [5.41, 5.74) is 0. The van der Waals surface area contributed by atoms with Crippen molar-refractivity contribution >= 4 is 17.9 Å². The topological polar surface area (TPSA) is 51.4 Å². The maximum atomic E-state index is 9.07. The Morgan fingerprint density at radius 2 is 2.00 bits per heavy atom. The van der Waals surface area contributed by atoms with Gasteiger partial charge in [-0.05, 0) is 0 Å². The van der Waals surface area contributed by atoms with Crippen LogP contribution in [0.5, 0.6) is 0 Å². The van der Waals surface area contributed by atoms with Gasteiger partial charge in [0.25, 0.3) is 0 Å². The van der Waals surface area contributed by atoms with Gasteiger partial charge in [-0.15, -0.1) is 0 Å². The van der Waals surface area contributed by atoms with Crippen molar-refractivity contribution in [2.24, 2.45) is 0 Å². The van der Waals surface area contributed by atoms with Gasteiger partial charge in [-0.3, -0.25) is 4.79 Å². The Bertz CT molecular complexity index is 48.8. The summed E-state index contributed by atoms with van der Waals surface area (Å²) in [5.74, 6) is 0. The molecule has 1 amide bonds. The Kier molecular flexibility index (Phi) is 9.04. The zero-order chi connectivity index (χ0) is 4.28. The monoisotopic (exact) mass is 117 g/mol. The molecule has 0 bridgehead atoms. The third-order valence-electron chi connectivity index (χ3n) is 0.0723. The van der Waals surface area contributed by atoms with Gasteiger partial charge >= 0.3 is 29.6 Å². The number of amides is 1. The van der Waals surface area contributed by atoms with E-state index in [9.17, 15) is 0 Å². The van der Waals surface area contributed by atoms with Gasteiger partial charge < -0.3 is 9.94 Å². The van der Waals surface area contributed by atoms with Crippen molar-refractivity contribution in [2.45, 2.75) is 0 Å². The van der Waals surface area contributed by atoms with E-state index >= 15 is 0 Å². The molecule has 3 nitrogen and oxygen atoms in total. The molecule has 0 fully saturated rings. The van der Waals surface area contributed by atoms with E-state index in [0.717, 1.165) is 0 Å². The standard InChI is InChI=1S/CHClNO2.Na/c2-3-1(4)5;/h(H,4,5);/q-1;+1. The smallest absolute Gasteiger partial charge is 0.534 e. The van der Waals surface area contributed by atoms with Crippen LogP contribution < -0.4 is 29.6 Å². The molecule has 0 spiro atoms. The molecule has 0 saturated carbocycles. The predicted molar refractivity (Wildman–Crippen MR) is 17.2 cm³/mol. The molecule has 0 aromatic carbocycles. The van der Waals surface area contributed by atoms with E-state index in [0.29, 0.717) is 0 Å². The van der Waals surface area contributed by atoms with Crippen LogP contribution >= 0.6 is 11.8 Å². The molecule has 1 N–H and O–H groups in total. The van der Waals surface area contributed by atoms with Crippen molar-refractivity contribution < 1.29 is 39.5 Å². The molecule has 0 heterocycles. The second kappa shape index (κ2) is 5.56. The van der Waals surface area contributed by atoms with Crippen LogP contribution in [0.4, 0.5) is 4.79 Å². The average molecular weight is 117 g/mol. The molecule has 0 unspecified atom stereocenters. The Balaban J connectivity index is 0. The maximum Gasteiger partial charge on any atom is 1.00 e. The first-order valence-electron chi connectivity index (χ1n) is 0.820. The van der Waals surface area contributed by atoms with Crippen LogP contribution in [0.1, 0.15) is 0 Å². The molecule has 0 aliphatic carbocycles. The fourth-order valence-electron chi connectivity index (χ4n) is 0. The largest absolute Gasteiger partial charge is 1.00 e. The van der Waals surface area contributed by atoms with Crippen molar-refractivity contribution in [1.82, 2.24) is 0 Å². The third-order valence-corrected chi connectivity index (χ3v) is 0.217. The molecule has 0 aromatic rings. The Hall–Kier alpha value is 0.560. The van der Waals surface area contributed by atoms with Crippen LogP contribution in [0.3, 0.4) is 0 Å². The fourth-order valence-corrected chi connectivity index (χ4v) is 0. The molecule has 0 rings (SSSR count). The average Bonchev–Trinajstić information content (AvgIpc) is 1.38. The summed E-state index contributed by atoms with van der Waals surface area (Å²) in [6.07, 6.45) is -1.35. The first-order valence-corrected chi connectivity index (χ1v) is 1.16. The zero-order valence-corrected chi connectivity index (χ0v) is 5.94. The first kappa shape index (κ1) is 9.75. The number of halogens is 1. The first-order chi connectivity index (χ1) is 2.27. The summed E-state index contributed by atoms with van der Waals surface area (Å²) in [7, 11) is 0. The van der Waals surface area contributed by atoms with E-state index < -0.39 is 6.09 Å². The minimum absolute atomic E-state index is 0. The second-order valence-corrected chi connectivity index (χ2v) is 0.536. The quantitative estimate of drug-likeness (QED) is 0.381. The van der Waals surface area contributed by atoms with Crippen molar-refractivity contribution in [3.63, 3.8) is 0 Å². The Labute approximate surface area is 62.1 Å². The summed E-state index contributed by atoms with van der Waals surface area (Å²) >= 11 is 4.36. The van der Waals surface area contributed by atoms with Crippen molar-refractivity contribution in [3.05, 3.63) is 4.84 Å². The molecule has 0 aromatic heterocycles. The molecule has 0 aliphatic rings. The van der Waals surface area contributed by atoms with E-state index in [1.54, 1.807) is 0 Å². The Morgan fingerprint density at radius 3 is 2.00 bits per heavy atom. The fraction of sp³-hybridized carbons (Fsp3) is 0. The van der Waals surface area contributed by atoms with E-state index in [1.807, 2.05) is 0 Å². The summed E-state index contributed by atoms with van der Waals surface area (Å²) in [5, 5.41) is 7.42. The van der Waals surface area contributed by atoms with Gasteiger partial charge in [0.05, 0.1) is 0 Å². The van der Waals surface area contributed by atoms with E-state index in [1.165, 1.54) is 0 Å². The minimum Gasteiger partial charge on any atom is -0.534 e. The normalized spacial score (nSPS) is 5.50. The maximum absolute atomic E-state index is 9.07. The third kappa shape index (κ3) is 8.82. The zero-order valence-electron chi connectivity index (χ0n) is 3.18. The van der Waals surface area contributed by atoms with E-state index in [-0.39, 0.29) is 29.6 Å². The van der Waals surface area contributed by atoms with Gasteiger partial charge in [-0.1, -0.05) is 0 Å². The minimum atomic E-state index is -1.35. The van der Waals surface area contributed by atoms with E-state index in [2.05, 4.69) is 16.6 Å². The summed E-state index contributed by atoms with van der Waals surface area (Å²) in [6.45, 7) is 0. The number of hydrogen-bond acceptors (Lipinski definition) is 1. The van der Waals surface area contributed by atoms with Crippen LogP contribution in [0.15, 0.2) is 0 Å². The SMILES string of the molecule is O=C(O)[N-]Cl.[Na+]. The molecule has 0 aliphatic heterocycles. The molecule has 0 saturated heterocycles. The van der Waals surface area contributed by atoms with Gasteiger partial charge in [0.1, 0.15) is 0 Å². The van der Waals surface area contributed by atoms with Gasteiger partial charge in [0.2, 0.25) is 6.09 Å². The molecule has 30 valence electrons. The van der Waals surface area contributed by atoms with Gasteiger partial charge in [0.15, 0.2) is 0 Å². The molecule has 0 atom stereocenters. The molecule has 6 heavy (non-hydrogen) atoms. The van der Waals surface area contributed by atoms with Crippen LogP contribution in [-0.2, 0) is 0 Å². The van der Waals surface area contributed by atoms with Crippen LogP contribution in [-0.4, -0.2) is 11.2 Å². The summed E-state index contributed by atoms with van der Waals surface area (Å²) < 4.78 is 0. The van der Waals surface area contributed by atoms with Crippen LogP contribution in [0.2, 0.25) is 0 Å². The summed E-state index contributed by atoms with van der Waals surface area (Å²) in [4.78, 5) is 11.3. The van der Waals surface area contributed by atoms with Crippen molar-refractivity contribution in [2.75, 3.05) is 0 Å². The number of rotatable bonds is 0. The van der Waals surface area contributed by atoms with Crippen molar-refractivity contribution in [1.29, 1.82) is 0 Å². The number of hydrogen-bond donors (Lipinski definition) is 1. The van der Waals surface area contributed by atoms with Gasteiger partial charge in [0, 0.05) is 0 Å². The second-order valence-electron chi connectivity index (χ2n) is 0.367. The number of carboxylic acid groups (broad SMARTS) is 1. The molecule has 0 radical (unpaired) electrons. The van der Waals surface area contributed by atoms with Crippen molar-refractivity contribution in [3.8, 4) is 0 Å². The number of carbonyl (C=O) groups is 1. The molecular formula is CHClNNaO2. The van der Waals surface area contributed by atoms with Gasteiger partial charge in [-0.2, -0.15) is 0 Å². The van der Waals surface area contributed by atoms with Crippen LogP contribution in [0.25, 0.3) is 4.84 Å².